The topological polar surface area (TPSA) is 17.4 Å². The minimum absolute atomic E-state index is 0.549. The molecular weight excluding hydrogens is 424 g/mol. The predicted octanol–water partition coefficient (Wildman–Crippen LogP) is 6.41. The average molecular weight is 449 g/mol. The Morgan fingerprint density at radius 3 is 2.31 bits per heavy atom. The minimum Gasteiger partial charge on any atom is -0.475 e. The van der Waals surface area contributed by atoms with Gasteiger partial charge in [-0.2, -0.15) is 0 Å². The van der Waals surface area contributed by atoms with Crippen LogP contribution in [0.1, 0.15) is 12.5 Å². The summed E-state index contributed by atoms with van der Waals surface area (Å²) < 4.78 is 9.83. The van der Waals surface area contributed by atoms with Gasteiger partial charge in [0.15, 0.2) is 5.75 Å². The number of fused-ring (bicyclic) bond motifs is 1. The lowest BCUT2D eigenvalue weighted by Crippen LogP contribution is -2.23. The molecule has 0 aliphatic heterocycles. The van der Waals surface area contributed by atoms with Gasteiger partial charge in [-0.05, 0) is 37.4 Å². The van der Waals surface area contributed by atoms with Crippen molar-refractivity contribution in [1.29, 1.82) is 0 Å². The maximum Gasteiger partial charge on any atom is 0.154 e. The van der Waals surface area contributed by atoms with Crippen molar-refractivity contribution < 1.29 is 4.74 Å². The van der Waals surface area contributed by atoms with Crippen molar-refractivity contribution in [1.82, 2.24) is 9.47 Å². The first-order valence-electron chi connectivity index (χ1n) is 9.89. The smallest absolute Gasteiger partial charge is 0.154 e. The molecule has 0 spiro atoms. The van der Waals surface area contributed by atoms with Gasteiger partial charge < -0.3 is 9.30 Å². The largest absolute Gasteiger partial charge is 0.475 e. The zero-order valence-corrected chi connectivity index (χ0v) is 18.4. The van der Waals surface area contributed by atoms with Crippen LogP contribution in [0.5, 0.6) is 5.75 Å². The molecule has 1 heterocycles. The molecule has 0 unspecified atom stereocenters. The second kappa shape index (κ2) is 8.85. The van der Waals surface area contributed by atoms with Crippen molar-refractivity contribution >= 4 is 26.8 Å². The molecule has 4 heteroatoms. The number of hydrogen-bond acceptors (Lipinski definition) is 2. The first-order chi connectivity index (χ1) is 14.2. The van der Waals surface area contributed by atoms with Crippen LogP contribution in [0.2, 0.25) is 0 Å². The maximum atomic E-state index is 6.42. The minimum atomic E-state index is 0.549. The van der Waals surface area contributed by atoms with Crippen LogP contribution >= 0.6 is 15.9 Å². The second-order valence-electron chi connectivity index (χ2n) is 7.22. The van der Waals surface area contributed by atoms with Crippen LogP contribution < -0.4 is 4.74 Å². The zero-order chi connectivity index (χ0) is 20.2. The molecule has 0 aliphatic rings. The Morgan fingerprint density at radius 1 is 0.931 bits per heavy atom. The summed E-state index contributed by atoms with van der Waals surface area (Å²) in [5, 5.41) is 1.12. The lowest BCUT2D eigenvalue weighted by molar-refractivity contribution is 0.161. The van der Waals surface area contributed by atoms with E-state index in [9.17, 15) is 0 Å². The molecule has 0 fully saturated rings. The highest BCUT2D eigenvalue weighted by molar-refractivity contribution is 9.10. The monoisotopic (exact) mass is 448 g/mol. The Bertz CT molecular complexity index is 1090. The highest BCUT2D eigenvalue weighted by Gasteiger charge is 2.21. The van der Waals surface area contributed by atoms with Crippen molar-refractivity contribution in [3.8, 4) is 17.0 Å². The number of rotatable bonds is 7. The zero-order valence-electron chi connectivity index (χ0n) is 16.8. The first kappa shape index (κ1) is 19.7. The van der Waals surface area contributed by atoms with Gasteiger partial charge in [-0.3, -0.25) is 4.90 Å². The van der Waals surface area contributed by atoms with Crippen molar-refractivity contribution in [2.75, 3.05) is 20.3 Å². The molecule has 148 valence electrons. The predicted molar refractivity (Wildman–Crippen MR) is 124 cm³/mol. The molecule has 29 heavy (non-hydrogen) atoms. The Hall–Kier alpha value is -2.56. The molecule has 3 nitrogen and oxygen atoms in total. The number of hydrogen-bond donors (Lipinski definition) is 0. The van der Waals surface area contributed by atoms with Crippen molar-refractivity contribution in [2.45, 2.75) is 13.5 Å². The van der Waals surface area contributed by atoms with Crippen molar-refractivity contribution in [3.05, 3.63) is 88.9 Å². The molecule has 4 rings (SSSR count). The van der Waals surface area contributed by atoms with Crippen LogP contribution in [0.15, 0.2) is 83.3 Å². The molecule has 0 aliphatic carbocycles. The third-order valence-electron chi connectivity index (χ3n) is 5.18. The fourth-order valence-electron chi connectivity index (χ4n) is 3.52. The summed E-state index contributed by atoms with van der Waals surface area (Å²) in [6.45, 7) is 4.41. The number of aromatic nitrogens is 1. The summed E-state index contributed by atoms with van der Waals surface area (Å²) in [6.07, 6.45) is 0. The van der Waals surface area contributed by atoms with Crippen molar-refractivity contribution in [2.24, 2.45) is 0 Å². The summed E-state index contributed by atoms with van der Waals surface area (Å²) >= 11 is 3.64. The van der Waals surface area contributed by atoms with Crippen LogP contribution in [0, 0.1) is 0 Å². The molecule has 3 aromatic carbocycles. The number of ether oxygens (including phenoxy) is 1. The van der Waals surface area contributed by atoms with Crippen LogP contribution in [0.25, 0.3) is 22.2 Å². The van der Waals surface area contributed by atoms with E-state index in [1.807, 2.05) is 0 Å². The van der Waals surface area contributed by atoms with Gasteiger partial charge in [0.05, 0.1) is 11.2 Å². The van der Waals surface area contributed by atoms with Gasteiger partial charge in [-0.25, -0.2) is 0 Å². The number of benzene rings is 3. The molecule has 0 radical (unpaired) electrons. The molecule has 0 saturated carbocycles. The maximum absolute atomic E-state index is 6.42. The number of halogens is 1. The van der Waals surface area contributed by atoms with Crippen LogP contribution in [-0.2, 0) is 6.54 Å². The molecule has 0 N–H and O–H groups in total. The molecule has 1 aromatic heterocycles. The Balaban J connectivity index is 1.93. The molecule has 0 saturated heterocycles. The summed E-state index contributed by atoms with van der Waals surface area (Å²) in [5.41, 5.74) is 4.71. The van der Waals surface area contributed by atoms with E-state index in [2.05, 4.69) is 118 Å². The van der Waals surface area contributed by atoms with E-state index < -0.39 is 0 Å². The van der Waals surface area contributed by atoms with Gasteiger partial charge in [-0.1, -0.05) is 83.5 Å². The summed E-state index contributed by atoms with van der Waals surface area (Å²) in [5.74, 6) is 0.934. The second-order valence-corrected chi connectivity index (χ2v) is 8.14. The Labute approximate surface area is 180 Å². The fraction of sp³-hybridized carbons (Fsp3) is 0.200. The fourth-order valence-corrected chi connectivity index (χ4v) is 3.88. The van der Waals surface area contributed by atoms with Gasteiger partial charge in [0.2, 0.25) is 0 Å². The van der Waals surface area contributed by atoms with E-state index in [0.29, 0.717) is 6.73 Å². The third kappa shape index (κ3) is 4.24. The van der Waals surface area contributed by atoms with Crippen molar-refractivity contribution in [3.63, 3.8) is 0 Å². The van der Waals surface area contributed by atoms with E-state index >= 15 is 0 Å². The average Bonchev–Trinajstić information content (AvgIpc) is 3.05. The standard InChI is InChI=1S/C25H25BrN2O/c1-3-27(2)18-29-25-22-16-21(26)14-15-23(22)28(17-19-10-6-4-7-11-19)24(25)20-12-8-5-9-13-20/h4-16H,3,17-18H2,1-2H3. The van der Waals surface area contributed by atoms with Gasteiger partial charge in [0.1, 0.15) is 6.73 Å². The molecule has 0 atom stereocenters. The summed E-state index contributed by atoms with van der Waals surface area (Å²) in [7, 11) is 2.07. The number of nitrogens with zero attached hydrogens (tertiary/aromatic N) is 2. The first-order valence-corrected chi connectivity index (χ1v) is 10.7. The lowest BCUT2D eigenvalue weighted by atomic mass is 10.1. The van der Waals surface area contributed by atoms with E-state index in [4.69, 9.17) is 4.74 Å². The SMILES string of the molecule is CCN(C)COc1c(-c2ccccc2)n(Cc2ccccc2)c2ccc(Br)cc12. The van der Waals surface area contributed by atoms with Gasteiger partial charge in [-0.15, -0.1) is 0 Å². The highest BCUT2D eigenvalue weighted by Crippen LogP contribution is 2.41. The van der Waals surface area contributed by atoms with E-state index in [1.54, 1.807) is 0 Å². The summed E-state index contributed by atoms with van der Waals surface area (Å²) in [6, 6.07) is 27.5. The molecular formula is C25H25BrN2O. The van der Waals surface area contributed by atoms with E-state index in [-0.39, 0.29) is 0 Å². The lowest BCUT2D eigenvalue weighted by Gasteiger charge is -2.17. The Kier molecular flexibility index (Phi) is 6.02. The quantitative estimate of drug-likeness (QED) is 0.304. The van der Waals surface area contributed by atoms with Crippen LogP contribution in [0.3, 0.4) is 0 Å². The summed E-state index contributed by atoms with van der Waals surface area (Å²) in [4.78, 5) is 2.16. The van der Waals surface area contributed by atoms with Gasteiger partial charge in [0, 0.05) is 22.0 Å². The van der Waals surface area contributed by atoms with Gasteiger partial charge >= 0.3 is 0 Å². The molecule has 4 aromatic rings. The van der Waals surface area contributed by atoms with E-state index in [0.717, 1.165) is 40.0 Å². The van der Waals surface area contributed by atoms with E-state index in [1.165, 1.54) is 11.1 Å². The van der Waals surface area contributed by atoms with Crippen LogP contribution in [0.4, 0.5) is 0 Å². The molecule has 0 amide bonds. The third-order valence-corrected chi connectivity index (χ3v) is 5.67. The molecule has 0 bridgehead atoms. The normalized spacial score (nSPS) is 11.3. The van der Waals surface area contributed by atoms with Gasteiger partial charge in [0.25, 0.3) is 0 Å². The van der Waals surface area contributed by atoms with Crippen LogP contribution in [-0.4, -0.2) is 29.8 Å². The highest BCUT2D eigenvalue weighted by atomic mass is 79.9. The Morgan fingerprint density at radius 2 is 1.62 bits per heavy atom.